The van der Waals surface area contributed by atoms with Crippen molar-refractivity contribution in [3.63, 3.8) is 0 Å². The van der Waals surface area contributed by atoms with Crippen molar-refractivity contribution in [2.75, 3.05) is 5.32 Å². The molecular formula is C9H9BrN4S. The van der Waals surface area contributed by atoms with Crippen molar-refractivity contribution in [3.8, 4) is 0 Å². The molecule has 0 aliphatic heterocycles. The molecule has 2 aromatic rings. The Morgan fingerprint density at radius 1 is 1.33 bits per heavy atom. The zero-order valence-corrected chi connectivity index (χ0v) is 10.4. The Hall–Kier alpha value is -1.01. The maximum absolute atomic E-state index is 3.98. The molecule has 0 aliphatic rings. The van der Waals surface area contributed by atoms with Gasteiger partial charge in [0.25, 0.3) is 0 Å². The number of anilines is 1. The maximum Gasteiger partial charge on any atom is 0.206 e. The lowest BCUT2D eigenvalue weighted by atomic mass is 10.1. The van der Waals surface area contributed by atoms with Crippen LogP contribution in [0.3, 0.4) is 0 Å². The Morgan fingerprint density at radius 3 is 2.67 bits per heavy atom. The minimum atomic E-state index is 0.202. The third-order valence-electron chi connectivity index (χ3n) is 1.95. The first kappa shape index (κ1) is 10.5. The molecule has 0 saturated heterocycles. The average molecular weight is 285 g/mol. The highest BCUT2D eigenvalue weighted by Gasteiger charge is 2.07. The summed E-state index contributed by atoms with van der Waals surface area (Å²) in [4.78, 5) is 3.98. The van der Waals surface area contributed by atoms with Crippen LogP contribution in [0.15, 0.2) is 28.4 Å². The molecule has 0 radical (unpaired) electrons. The van der Waals surface area contributed by atoms with E-state index in [0.717, 1.165) is 9.05 Å². The summed E-state index contributed by atoms with van der Waals surface area (Å²) < 4.78 is 0.784. The predicted molar refractivity (Wildman–Crippen MR) is 63.9 cm³/mol. The van der Waals surface area contributed by atoms with Crippen LogP contribution >= 0.6 is 27.3 Å². The summed E-state index contributed by atoms with van der Waals surface area (Å²) in [6, 6.07) is 4.16. The molecule has 0 aromatic carbocycles. The number of nitrogens with one attached hydrogen (secondary N) is 1. The molecule has 1 unspecified atom stereocenters. The minimum Gasteiger partial charge on any atom is -0.354 e. The third-order valence-corrected chi connectivity index (χ3v) is 3.23. The van der Waals surface area contributed by atoms with Crippen molar-refractivity contribution in [2.24, 2.45) is 0 Å². The van der Waals surface area contributed by atoms with E-state index in [1.165, 1.54) is 16.9 Å². The molecule has 0 fully saturated rings. The Labute approximate surface area is 99.9 Å². The fraction of sp³-hybridized carbons (Fsp3) is 0.222. The standard InChI is InChI=1S/C9H9BrN4S/c1-6(7-2-4-11-5-3-7)12-9-14-13-8(10)15-9/h2-6H,1H3,(H,12,14). The van der Waals surface area contributed by atoms with Gasteiger partial charge in [-0.05, 0) is 40.5 Å². The second kappa shape index (κ2) is 4.67. The summed E-state index contributed by atoms with van der Waals surface area (Å²) in [6.45, 7) is 2.07. The maximum atomic E-state index is 3.98. The number of rotatable bonds is 3. The number of aromatic nitrogens is 3. The number of halogens is 1. The summed E-state index contributed by atoms with van der Waals surface area (Å²) in [6.07, 6.45) is 3.56. The molecule has 2 rings (SSSR count). The topological polar surface area (TPSA) is 50.7 Å². The molecule has 6 heteroatoms. The van der Waals surface area contributed by atoms with Crippen molar-refractivity contribution >= 4 is 32.4 Å². The minimum absolute atomic E-state index is 0.202. The molecule has 4 nitrogen and oxygen atoms in total. The number of hydrogen-bond acceptors (Lipinski definition) is 5. The Morgan fingerprint density at radius 2 is 2.07 bits per heavy atom. The van der Waals surface area contributed by atoms with Crippen LogP contribution in [-0.4, -0.2) is 15.2 Å². The molecule has 2 heterocycles. The quantitative estimate of drug-likeness (QED) is 0.942. The first-order chi connectivity index (χ1) is 7.25. The predicted octanol–water partition coefficient (Wildman–Crippen LogP) is 2.87. The van der Waals surface area contributed by atoms with Crippen LogP contribution in [0.4, 0.5) is 5.13 Å². The number of nitrogens with zero attached hydrogens (tertiary/aromatic N) is 3. The molecule has 0 spiro atoms. The van der Waals surface area contributed by atoms with Gasteiger partial charge >= 0.3 is 0 Å². The number of hydrogen-bond donors (Lipinski definition) is 1. The first-order valence-electron chi connectivity index (χ1n) is 4.41. The average Bonchev–Trinajstić information content (AvgIpc) is 2.65. The van der Waals surface area contributed by atoms with E-state index >= 15 is 0 Å². The normalized spacial score (nSPS) is 12.4. The molecule has 2 aromatic heterocycles. The second-order valence-electron chi connectivity index (χ2n) is 3.01. The Bertz CT molecular complexity index is 431. The summed E-state index contributed by atoms with van der Waals surface area (Å²) >= 11 is 4.75. The van der Waals surface area contributed by atoms with Gasteiger partial charge in [0.05, 0.1) is 6.04 Å². The van der Waals surface area contributed by atoms with Crippen molar-refractivity contribution in [2.45, 2.75) is 13.0 Å². The van der Waals surface area contributed by atoms with E-state index in [0.29, 0.717) is 0 Å². The van der Waals surface area contributed by atoms with E-state index in [2.05, 4.69) is 43.4 Å². The van der Waals surface area contributed by atoms with Gasteiger partial charge in [-0.25, -0.2) is 0 Å². The molecule has 0 aliphatic carbocycles. The van der Waals surface area contributed by atoms with E-state index in [-0.39, 0.29) is 6.04 Å². The molecular weight excluding hydrogens is 276 g/mol. The lowest BCUT2D eigenvalue weighted by Gasteiger charge is -2.11. The lowest BCUT2D eigenvalue weighted by Crippen LogP contribution is -2.06. The number of pyridine rings is 1. The van der Waals surface area contributed by atoms with Crippen LogP contribution in [0.1, 0.15) is 18.5 Å². The van der Waals surface area contributed by atoms with Gasteiger partial charge in [0.2, 0.25) is 5.13 Å². The molecule has 1 N–H and O–H groups in total. The van der Waals surface area contributed by atoms with Crippen LogP contribution < -0.4 is 5.32 Å². The van der Waals surface area contributed by atoms with E-state index in [4.69, 9.17) is 0 Å². The summed E-state index contributed by atoms with van der Waals surface area (Å²) in [5.74, 6) is 0. The largest absolute Gasteiger partial charge is 0.354 e. The smallest absolute Gasteiger partial charge is 0.206 e. The highest BCUT2D eigenvalue weighted by molar-refractivity contribution is 9.11. The lowest BCUT2D eigenvalue weighted by molar-refractivity contribution is 0.869. The zero-order valence-electron chi connectivity index (χ0n) is 8.01. The first-order valence-corrected chi connectivity index (χ1v) is 6.02. The van der Waals surface area contributed by atoms with Gasteiger partial charge in [0, 0.05) is 12.4 Å². The fourth-order valence-corrected chi connectivity index (χ4v) is 2.28. The van der Waals surface area contributed by atoms with E-state index in [9.17, 15) is 0 Å². The van der Waals surface area contributed by atoms with E-state index < -0.39 is 0 Å². The van der Waals surface area contributed by atoms with E-state index in [1.54, 1.807) is 12.4 Å². The Kier molecular flexibility index (Phi) is 3.27. The Balaban J connectivity index is 2.07. The fourth-order valence-electron chi connectivity index (χ4n) is 1.18. The third kappa shape index (κ3) is 2.73. The van der Waals surface area contributed by atoms with E-state index in [1.807, 2.05) is 12.1 Å². The highest BCUT2D eigenvalue weighted by atomic mass is 79.9. The summed E-state index contributed by atoms with van der Waals surface area (Å²) in [5, 5.41) is 11.9. The summed E-state index contributed by atoms with van der Waals surface area (Å²) in [5.41, 5.74) is 1.18. The van der Waals surface area contributed by atoms with Crippen molar-refractivity contribution in [1.29, 1.82) is 0 Å². The molecule has 0 amide bonds. The SMILES string of the molecule is CC(Nc1nnc(Br)s1)c1ccncc1. The van der Waals surface area contributed by atoms with Gasteiger partial charge in [0.1, 0.15) is 0 Å². The van der Waals surface area contributed by atoms with Crippen molar-refractivity contribution in [3.05, 3.63) is 34.0 Å². The van der Waals surface area contributed by atoms with Crippen LogP contribution in [0.25, 0.3) is 0 Å². The van der Waals surface area contributed by atoms with Gasteiger partial charge in [-0.2, -0.15) is 0 Å². The molecule has 15 heavy (non-hydrogen) atoms. The molecule has 78 valence electrons. The van der Waals surface area contributed by atoms with Gasteiger partial charge in [-0.1, -0.05) is 11.3 Å². The molecule has 1 atom stereocenters. The zero-order chi connectivity index (χ0) is 10.7. The van der Waals surface area contributed by atoms with Gasteiger partial charge in [-0.3, -0.25) is 4.98 Å². The van der Waals surface area contributed by atoms with Gasteiger partial charge in [-0.15, -0.1) is 10.2 Å². The highest BCUT2D eigenvalue weighted by Crippen LogP contribution is 2.24. The second-order valence-corrected chi connectivity index (χ2v) is 5.26. The molecule has 0 saturated carbocycles. The molecule has 0 bridgehead atoms. The van der Waals surface area contributed by atoms with Gasteiger partial charge < -0.3 is 5.32 Å². The van der Waals surface area contributed by atoms with Gasteiger partial charge in [0.15, 0.2) is 3.92 Å². The summed E-state index contributed by atoms with van der Waals surface area (Å²) in [7, 11) is 0. The van der Waals surface area contributed by atoms with Crippen LogP contribution in [0.5, 0.6) is 0 Å². The van der Waals surface area contributed by atoms with Crippen LogP contribution in [-0.2, 0) is 0 Å². The van der Waals surface area contributed by atoms with Crippen molar-refractivity contribution in [1.82, 2.24) is 15.2 Å². The monoisotopic (exact) mass is 284 g/mol. The van der Waals surface area contributed by atoms with Crippen LogP contribution in [0, 0.1) is 0 Å². The van der Waals surface area contributed by atoms with Crippen molar-refractivity contribution < 1.29 is 0 Å². The van der Waals surface area contributed by atoms with Crippen LogP contribution in [0.2, 0.25) is 0 Å².